The van der Waals surface area contributed by atoms with Crippen LogP contribution in [0.5, 0.6) is 0 Å². The molecule has 0 saturated carbocycles. The van der Waals surface area contributed by atoms with Crippen LogP contribution in [0.2, 0.25) is 5.02 Å². The number of aliphatic carboxylic acids is 1. The summed E-state index contributed by atoms with van der Waals surface area (Å²) in [4.78, 5) is 10.8. The summed E-state index contributed by atoms with van der Waals surface area (Å²) in [6, 6.07) is 5.57. The van der Waals surface area contributed by atoms with Gasteiger partial charge in [0.2, 0.25) is 0 Å². The standard InChI is InChI=1S/C13H15ClO2/c1-8(2)11-5-10(6-12(14)7-11)4-9(3)13(15)16/h5-7,9H,1,4H2,2-3H3,(H,15,16). The smallest absolute Gasteiger partial charge is 0.306 e. The van der Waals surface area contributed by atoms with E-state index in [0.29, 0.717) is 11.4 Å². The molecule has 0 spiro atoms. The van der Waals surface area contributed by atoms with Gasteiger partial charge < -0.3 is 5.11 Å². The van der Waals surface area contributed by atoms with Crippen LogP contribution in [0.4, 0.5) is 0 Å². The van der Waals surface area contributed by atoms with Crippen molar-refractivity contribution in [2.75, 3.05) is 0 Å². The van der Waals surface area contributed by atoms with Crippen molar-refractivity contribution < 1.29 is 9.90 Å². The molecule has 0 aliphatic rings. The third-order valence-electron chi connectivity index (χ3n) is 2.41. The molecular weight excluding hydrogens is 224 g/mol. The van der Waals surface area contributed by atoms with Gasteiger partial charge in [-0.05, 0) is 36.6 Å². The Morgan fingerprint density at radius 1 is 1.50 bits per heavy atom. The summed E-state index contributed by atoms with van der Waals surface area (Å²) in [5, 5.41) is 9.46. The van der Waals surface area contributed by atoms with Crippen molar-refractivity contribution in [1.29, 1.82) is 0 Å². The van der Waals surface area contributed by atoms with Crippen LogP contribution in [0.3, 0.4) is 0 Å². The van der Waals surface area contributed by atoms with E-state index in [4.69, 9.17) is 16.7 Å². The van der Waals surface area contributed by atoms with Crippen LogP contribution < -0.4 is 0 Å². The number of hydrogen-bond donors (Lipinski definition) is 1. The Hall–Kier alpha value is -1.28. The Kier molecular flexibility index (Phi) is 4.13. The third-order valence-corrected chi connectivity index (χ3v) is 2.63. The zero-order chi connectivity index (χ0) is 12.3. The van der Waals surface area contributed by atoms with Crippen molar-refractivity contribution in [3.63, 3.8) is 0 Å². The first kappa shape index (κ1) is 12.8. The number of carbonyl (C=O) groups is 1. The summed E-state index contributed by atoms with van der Waals surface area (Å²) in [6.07, 6.45) is 0.482. The van der Waals surface area contributed by atoms with Gasteiger partial charge in [-0.2, -0.15) is 0 Å². The molecule has 2 nitrogen and oxygen atoms in total. The van der Waals surface area contributed by atoms with Gasteiger partial charge in [0.1, 0.15) is 0 Å². The molecule has 1 aromatic rings. The monoisotopic (exact) mass is 238 g/mol. The van der Waals surface area contributed by atoms with Crippen LogP contribution in [-0.2, 0) is 11.2 Å². The summed E-state index contributed by atoms with van der Waals surface area (Å²) in [7, 11) is 0. The Labute approximate surface area is 101 Å². The van der Waals surface area contributed by atoms with Crippen molar-refractivity contribution >= 4 is 23.1 Å². The fourth-order valence-corrected chi connectivity index (χ4v) is 1.71. The number of hydrogen-bond acceptors (Lipinski definition) is 1. The fraction of sp³-hybridized carbons (Fsp3) is 0.308. The van der Waals surface area contributed by atoms with Crippen LogP contribution in [0.15, 0.2) is 24.8 Å². The van der Waals surface area contributed by atoms with E-state index in [-0.39, 0.29) is 0 Å². The molecular formula is C13H15ClO2. The summed E-state index contributed by atoms with van der Waals surface area (Å²) >= 11 is 5.97. The predicted octanol–water partition coefficient (Wildman–Crippen LogP) is 3.64. The normalized spacial score (nSPS) is 12.2. The van der Waals surface area contributed by atoms with E-state index >= 15 is 0 Å². The number of rotatable bonds is 4. The first-order valence-corrected chi connectivity index (χ1v) is 5.46. The van der Waals surface area contributed by atoms with E-state index in [1.165, 1.54) is 0 Å². The molecule has 1 rings (SSSR count). The average molecular weight is 239 g/mol. The SMILES string of the molecule is C=C(C)c1cc(Cl)cc(CC(C)C(=O)O)c1. The van der Waals surface area contributed by atoms with Gasteiger partial charge in [-0.25, -0.2) is 0 Å². The first-order chi connectivity index (χ1) is 7.40. The molecule has 3 heteroatoms. The molecule has 0 heterocycles. The van der Waals surface area contributed by atoms with E-state index in [9.17, 15) is 4.79 Å². The zero-order valence-electron chi connectivity index (χ0n) is 9.46. The van der Waals surface area contributed by atoms with Crippen LogP contribution in [-0.4, -0.2) is 11.1 Å². The van der Waals surface area contributed by atoms with Crippen LogP contribution in [0.25, 0.3) is 5.57 Å². The lowest BCUT2D eigenvalue weighted by atomic mass is 9.98. The van der Waals surface area contributed by atoms with E-state index < -0.39 is 11.9 Å². The molecule has 86 valence electrons. The van der Waals surface area contributed by atoms with Gasteiger partial charge in [-0.3, -0.25) is 4.79 Å². The maximum atomic E-state index is 10.8. The lowest BCUT2D eigenvalue weighted by Gasteiger charge is -2.09. The van der Waals surface area contributed by atoms with Gasteiger partial charge in [0.25, 0.3) is 0 Å². The van der Waals surface area contributed by atoms with Crippen LogP contribution in [0.1, 0.15) is 25.0 Å². The highest BCUT2D eigenvalue weighted by molar-refractivity contribution is 6.30. The largest absolute Gasteiger partial charge is 0.481 e. The fourth-order valence-electron chi connectivity index (χ4n) is 1.46. The average Bonchev–Trinajstić information content (AvgIpc) is 2.16. The summed E-state index contributed by atoms with van der Waals surface area (Å²) in [5.74, 6) is -1.20. The quantitative estimate of drug-likeness (QED) is 0.870. The highest BCUT2D eigenvalue weighted by atomic mass is 35.5. The van der Waals surface area contributed by atoms with E-state index in [2.05, 4.69) is 6.58 Å². The topological polar surface area (TPSA) is 37.3 Å². The number of carboxylic acid groups (broad SMARTS) is 1. The van der Waals surface area contributed by atoms with Gasteiger partial charge in [-0.15, -0.1) is 0 Å². The molecule has 0 amide bonds. The molecule has 0 saturated heterocycles. The molecule has 0 aliphatic heterocycles. The molecule has 0 aliphatic carbocycles. The second kappa shape index (κ2) is 5.17. The Balaban J connectivity index is 2.97. The van der Waals surface area contributed by atoms with Gasteiger partial charge in [-0.1, -0.05) is 36.7 Å². The Morgan fingerprint density at radius 2 is 2.12 bits per heavy atom. The lowest BCUT2D eigenvalue weighted by Crippen LogP contribution is -2.12. The minimum Gasteiger partial charge on any atom is -0.481 e. The summed E-state index contributed by atoms with van der Waals surface area (Å²) < 4.78 is 0. The number of allylic oxidation sites excluding steroid dienone is 1. The second-order valence-corrected chi connectivity index (χ2v) is 4.51. The van der Waals surface area contributed by atoms with Gasteiger partial charge in [0.15, 0.2) is 0 Å². The van der Waals surface area contributed by atoms with Crippen molar-refractivity contribution in [1.82, 2.24) is 0 Å². The Morgan fingerprint density at radius 3 is 2.62 bits per heavy atom. The molecule has 16 heavy (non-hydrogen) atoms. The second-order valence-electron chi connectivity index (χ2n) is 4.07. The highest BCUT2D eigenvalue weighted by Gasteiger charge is 2.12. The molecule has 0 radical (unpaired) electrons. The minimum atomic E-state index is -0.795. The lowest BCUT2D eigenvalue weighted by molar-refractivity contribution is -0.141. The third kappa shape index (κ3) is 3.38. The summed E-state index contributed by atoms with van der Waals surface area (Å²) in [5.41, 5.74) is 2.81. The zero-order valence-corrected chi connectivity index (χ0v) is 10.2. The molecule has 0 fully saturated rings. The van der Waals surface area contributed by atoms with Crippen LogP contribution >= 0.6 is 11.6 Å². The maximum Gasteiger partial charge on any atom is 0.306 e. The Bertz CT molecular complexity index is 424. The number of benzene rings is 1. The van der Waals surface area contributed by atoms with E-state index in [0.717, 1.165) is 16.7 Å². The molecule has 0 bridgehead atoms. The first-order valence-electron chi connectivity index (χ1n) is 5.08. The highest BCUT2D eigenvalue weighted by Crippen LogP contribution is 2.22. The minimum absolute atomic E-state index is 0.406. The molecule has 1 atom stereocenters. The maximum absolute atomic E-state index is 10.8. The number of halogens is 1. The molecule has 1 N–H and O–H groups in total. The van der Waals surface area contributed by atoms with E-state index in [1.54, 1.807) is 13.0 Å². The molecule has 1 aromatic carbocycles. The van der Waals surface area contributed by atoms with Gasteiger partial charge in [0, 0.05) is 5.02 Å². The van der Waals surface area contributed by atoms with Crippen molar-refractivity contribution in [3.8, 4) is 0 Å². The van der Waals surface area contributed by atoms with Crippen molar-refractivity contribution in [2.45, 2.75) is 20.3 Å². The van der Waals surface area contributed by atoms with Crippen LogP contribution in [0, 0.1) is 5.92 Å². The van der Waals surface area contributed by atoms with Crippen molar-refractivity contribution in [3.05, 3.63) is 40.9 Å². The van der Waals surface area contributed by atoms with E-state index in [1.807, 2.05) is 19.1 Å². The predicted molar refractivity (Wildman–Crippen MR) is 66.7 cm³/mol. The van der Waals surface area contributed by atoms with Crippen molar-refractivity contribution in [2.24, 2.45) is 5.92 Å². The molecule has 0 aromatic heterocycles. The van der Waals surface area contributed by atoms with Gasteiger partial charge >= 0.3 is 5.97 Å². The summed E-state index contributed by atoms with van der Waals surface area (Å²) in [6.45, 7) is 7.43. The number of carboxylic acids is 1. The molecule has 1 unspecified atom stereocenters. The van der Waals surface area contributed by atoms with Gasteiger partial charge in [0.05, 0.1) is 5.92 Å².